The van der Waals surface area contributed by atoms with Crippen molar-refractivity contribution in [3.8, 4) is 22.5 Å². The van der Waals surface area contributed by atoms with Gasteiger partial charge in [-0.2, -0.15) is 13.2 Å². The van der Waals surface area contributed by atoms with Gasteiger partial charge in [-0.05, 0) is 72.8 Å². The van der Waals surface area contributed by atoms with Gasteiger partial charge < -0.3 is 18.0 Å². The summed E-state index contributed by atoms with van der Waals surface area (Å²) in [5, 5.41) is 6.33. The molecule has 58 heavy (non-hydrogen) atoms. The number of halogens is 5. The highest BCUT2D eigenvalue weighted by Crippen LogP contribution is 2.48. The monoisotopic (exact) mass is 768 g/mol. The summed E-state index contributed by atoms with van der Waals surface area (Å²) in [6, 6.07) is 43.4. The number of para-hydroxylation sites is 4. The molecular weight excluding hydrogens is 744 g/mol. The van der Waals surface area contributed by atoms with Crippen LogP contribution in [0.15, 0.2) is 160 Å². The molecule has 0 aliphatic carbocycles. The van der Waals surface area contributed by atoms with Crippen molar-refractivity contribution in [2.24, 2.45) is 0 Å². The Morgan fingerprint density at radius 1 is 0.414 bits per heavy atom. The van der Waals surface area contributed by atoms with Gasteiger partial charge >= 0.3 is 6.18 Å². The van der Waals surface area contributed by atoms with E-state index >= 15 is 22.0 Å². The molecule has 0 saturated carbocycles. The highest BCUT2D eigenvalue weighted by molar-refractivity contribution is 6.26. The molecule has 0 fully saturated rings. The van der Waals surface area contributed by atoms with Crippen molar-refractivity contribution in [2.45, 2.75) is 6.18 Å². The quantitative estimate of drug-likeness (QED) is 0.168. The van der Waals surface area contributed by atoms with Gasteiger partial charge in [0.2, 0.25) is 0 Å². The van der Waals surface area contributed by atoms with Crippen LogP contribution in [0.3, 0.4) is 0 Å². The van der Waals surface area contributed by atoms with Crippen LogP contribution in [0, 0.1) is 11.6 Å². The standard InChI is InChI=1S/C49H25F5N2O2/c50-34-14-9-15-35(51)44(34)32-24-38(55-36-16-5-1-10-26(36)28-20-22-42-45(47(28)55)30-12-3-7-18-40(30)57-42)39(25-33(32)49(52,53)54)56-37-17-6-2-11-27(37)29-21-23-43-46(48(29)56)31-13-4-8-19-41(31)58-43/h1-25H. The second kappa shape index (κ2) is 11.6. The number of nitrogens with zero attached hydrogens (tertiary/aromatic N) is 2. The van der Waals surface area contributed by atoms with Crippen molar-refractivity contribution in [1.82, 2.24) is 9.13 Å². The lowest BCUT2D eigenvalue weighted by Crippen LogP contribution is -2.13. The van der Waals surface area contributed by atoms with Gasteiger partial charge in [-0.15, -0.1) is 0 Å². The van der Waals surface area contributed by atoms with E-state index < -0.39 is 34.5 Å². The van der Waals surface area contributed by atoms with Crippen LogP contribution in [-0.4, -0.2) is 9.13 Å². The van der Waals surface area contributed by atoms with E-state index in [-0.39, 0.29) is 11.4 Å². The molecule has 9 heteroatoms. The summed E-state index contributed by atoms with van der Waals surface area (Å²) in [5.41, 5.74) is 2.83. The van der Waals surface area contributed by atoms with Gasteiger partial charge in [0, 0.05) is 37.9 Å². The summed E-state index contributed by atoms with van der Waals surface area (Å²) < 4.78 is 95.2. The van der Waals surface area contributed by atoms with Crippen molar-refractivity contribution in [3.63, 3.8) is 0 Å². The van der Waals surface area contributed by atoms with Crippen LogP contribution in [-0.2, 0) is 6.18 Å². The number of alkyl halides is 3. The maximum atomic E-state index is 15.9. The normalized spacial score (nSPS) is 12.6. The molecule has 4 aromatic heterocycles. The lowest BCUT2D eigenvalue weighted by atomic mass is 9.96. The Hall–Kier alpha value is -7.39. The highest BCUT2D eigenvalue weighted by atomic mass is 19.4. The molecule has 0 unspecified atom stereocenters. The maximum Gasteiger partial charge on any atom is 0.417 e. The number of benzene rings is 8. The van der Waals surface area contributed by atoms with Crippen molar-refractivity contribution in [3.05, 3.63) is 169 Å². The first kappa shape index (κ1) is 32.8. The van der Waals surface area contributed by atoms with Crippen LogP contribution in [0.25, 0.3) is 110 Å². The van der Waals surface area contributed by atoms with E-state index in [0.717, 1.165) is 67.4 Å². The molecule has 0 saturated heterocycles. The number of hydrogen-bond acceptors (Lipinski definition) is 2. The van der Waals surface area contributed by atoms with E-state index in [1.807, 2.05) is 130 Å². The van der Waals surface area contributed by atoms with Crippen LogP contribution in [0.5, 0.6) is 0 Å². The van der Waals surface area contributed by atoms with Gasteiger partial charge in [0.25, 0.3) is 0 Å². The van der Waals surface area contributed by atoms with Crippen LogP contribution in [0.1, 0.15) is 5.56 Å². The van der Waals surface area contributed by atoms with E-state index in [4.69, 9.17) is 8.83 Å². The summed E-state index contributed by atoms with van der Waals surface area (Å²) in [6.07, 6.45) is -5.03. The third-order valence-corrected chi connectivity index (χ3v) is 11.5. The lowest BCUT2D eigenvalue weighted by Gasteiger charge is -2.22. The van der Waals surface area contributed by atoms with Crippen molar-refractivity contribution >= 4 is 87.5 Å². The molecule has 0 aliphatic heterocycles. The first-order chi connectivity index (χ1) is 28.3. The van der Waals surface area contributed by atoms with Crippen LogP contribution in [0.2, 0.25) is 0 Å². The van der Waals surface area contributed by atoms with Crippen LogP contribution in [0.4, 0.5) is 22.0 Å². The fraction of sp³-hybridized carbons (Fsp3) is 0.0204. The fourth-order valence-corrected chi connectivity index (χ4v) is 9.16. The predicted octanol–water partition coefficient (Wildman–Crippen LogP) is 14.6. The second-order valence-corrected chi connectivity index (χ2v) is 14.6. The summed E-state index contributed by atoms with van der Waals surface area (Å²) in [4.78, 5) is 0. The topological polar surface area (TPSA) is 36.1 Å². The zero-order chi connectivity index (χ0) is 39.0. The molecule has 0 spiro atoms. The lowest BCUT2D eigenvalue weighted by molar-refractivity contribution is -0.137. The Morgan fingerprint density at radius 3 is 1.36 bits per heavy atom. The van der Waals surface area contributed by atoms with Crippen molar-refractivity contribution in [1.29, 1.82) is 0 Å². The predicted molar refractivity (Wildman–Crippen MR) is 220 cm³/mol. The molecule has 0 bridgehead atoms. The van der Waals surface area contributed by atoms with E-state index in [1.54, 1.807) is 0 Å². The van der Waals surface area contributed by atoms with E-state index in [2.05, 4.69) is 0 Å². The average Bonchev–Trinajstić information content (AvgIpc) is 3.97. The molecule has 12 rings (SSSR count). The minimum absolute atomic E-state index is 0.143. The molecule has 0 radical (unpaired) electrons. The number of hydrogen-bond donors (Lipinski definition) is 0. The molecule has 0 N–H and O–H groups in total. The highest BCUT2D eigenvalue weighted by Gasteiger charge is 2.38. The maximum absolute atomic E-state index is 15.9. The first-order valence-corrected chi connectivity index (χ1v) is 18.6. The third-order valence-electron chi connectivity index (χ3n) is 11.5. The smallest absolute Gasteiger partial charge is 0.417 e. The number of fused-ring (bicyclic) bond motifs is 14. The Kier molecular flexibility index (Phi) is 6.55. The Bertz CT molecular complexity index is 3690. The number of rotatable bonds is 3. The SMILES string of the molecule is Fc1cccc(F)c1-c1cc(-n2c3ccccc3c3ccc4oc5ccccc5c4c32)c(-n2c3ccccc3c3ccc4oc5ccccc5c4c32)cc1C(F)(F)F. The average molecular weight is 769 g/mol. The third kappa shape index (κ3) is 4.38. The Balaban J connectivity index is 1.37. The largest absolute Gasteiger partial charge is 0.456 e. The second-order valence-electron chi connectivity index (χ2n) is 14.6. The fourth-order valence-electron chi connectivity index (χ4n) is 9.16. The molecule has 4 heterocycles. The zero-order valence-corrected chi connectivity index (χ0v) is 30.0. The van der Waals surface area contributed by atoms with Gasteiger partial charge in [-0.25, -0.2) is 8.78 Å². The molecule has 4 nitrogen and oxygen atoms in total. The van der Waals surface area contributed by atoms with Crippen LogP contribution >= 0.6 is 0 Å². The van der Waals surface area contributed by atoms with Crippen molar-refractivity contribution < 1.29 is 30.8 Å². The van der Waals surface area contributed by atoms with E-state index in [0.29, 0.717) is 44.4 Å². The summed E-state index contributed by atoms with van der Waals surface area (Å²) in [5.74, 6) is -2.23. The summed E-state index contributed by atoms with van der Waals surface area (Å²) >= 11 is 0. The Labute approximate surface area is 324 Å². The molecule has 0 amide bonds. The molecule has 12 aromatic rings. The van der Waals surface area contributed by atoms with E-state index in [1.165, 1.54) is 6.07 Å². The van der Waals surface area contributed by atoms with Gasteiger partial charge in [-0.3, -0.25) is 0 Å². The Morgan fingerprint density at radius 2 is 0.862 bits per heavy atom. The summed E-state index contributed by atoms with van der Waals surface area (Å²) in [6.45, 7) is 0. The van der Waals surface area contributed by atoms with Crippen molar-refractivity contribution in [2.75, 3.05) is 0 Å². The first-order valence-electron chi connectivity index (χ1n) is 18.6. The van der Waals surface area contributed by atoms with E-state index in [9.17, 15) is 0 Å². The minimum Gasteiger partial charge on any atom is -0.456 e. The molecule has 8 aromatic carbocycles. The molecule has 0 aliphatic rings. The van der Waals surface area contributed by atoms with Gasteiger partial charge in [0.05, 0.1) is 55.3 Å². The van der Waals surface area contributed by atoms with Gasteiger partial charge in [0.15, 0.2) is 0 Å². The number of furan rings is 2. The van der Waals surface area contributed by atoms with Crippen LogP contribution < -0.4 is 0 Å². The summed E-state index contributed by atoms with van der Waals surface area (Å²) in [7, 11) is 0. The number of aromatic nitrogens is 2. The molecule has 278 valence electrons. The molecule has 0 atom stereocenters. The van der Waals surface area contributed by atoms with Gasteiger partial charge in [0.1, 0.15) is 34.0 Å². The van der Waals surface area contributed by atoms with Gasteiger partial charge in [-0.1, -0.05) is 78.9 Å². The molecular formula is C49H25F5N2O2. The zero-order valence-electron chi connectivity index (χ0n) is 30.0. The minimum atomic E-state index is -5.03.